The normalized spacial score (nSPS) is 15.3. The topological polar surface area (TPSA) is 54.3 Å². The SMILES string of the molecule is Cc1cc(-c2ccc3c(ccn3C)c2)ccc1C(=O)N(C)C1(NCCC=O)CCCC1. The van der Waals surface area contributed by atoms with E-state index in [0.717, 1.165) is 54.2 Å². The van der Waals surface area contributed by atoms with Crippen LogP contribution < -0.4 is 5.32 Å². The molecule has 5 heteroatoms. The molecule has 1 aliphatic carbocycles. The summed E-state index contributed by atoms with van der Waals surface area (Å²) in [5, 5.41) is 4.70. The van der Waals surface area contributed by atoms with Crippen LogP contribution in [0.3, 0.4) is 0 Å². The standard InChI is InChI=1S/C26H31N3O2/c1-19-17-20(21-8-10-24-22(18-21)11-15-28(24)2)7-9-23(19)25(31)29(3)26(12-4-5-13-26)27-14-6-16-30/h7-11,15-18,27H,4-6,12-14H2,1-3H3. The van der Waals surface area contributed by atoms with E-state index >= 15 is 0 Å². The van der Waals surface area contributed by atoms with Gasteiger partial charge in [-0.25, -0.2) is 0 Å². The van der Waals surface area contributed by atoms with Crippen molar-refractivity contribution in [3.05, 3.63) is 59.8 Å². The lowest BCUT2D eigenvalue weighted by Gasteiger charge is -2.40. The maximum Gasteiger partial charge on any atom is 0.255 e. The number of fused-ring (bicyclic) bond motifs is 1. The molecule has 0 radical (unpaired) electrons. The van der Waals surface area contributed by atoms with Gasteiger partial charge in [-0.2, -0.15) is 0 Å². The molecule has 1 fully saturated rings. The van der Waals surface area contributed by atoms with Gasteiger partial charge in [-0.1, -0.05) is 18.2 Å². The van der Waals surface area contributed by atoms with E-state index in [0.29, 0.717) is 13.0 Å². The number of nitrogens with one attached hydrogen (secondary N) is 1. The van der Waals surface area contributed by atoms with Crippen LogP contribution in [0.2, 0.25) is 0 Å². The highest BCUT2D eigenvalue weighted by Crippen LogP contribution is 2.34. The molecule has 162 valence electrons. The third-order valence-electron chi connectivity index (χ3n) is 6.77. The fraction of sp³-hybridized carbons (Fsp3) is 0.385. The number of amides is 1. The summed E-state index contributed by atoms with van der Waals surface area (Å²) in [6.07, 6.45) is 7.47. The highest BCUT2D eigenvalue weighted by Gasteiger charge is 2.40. The van der Waals surface area contributed by atoms with E-state index in [1.165, 1.54) is 10.9 Å². The minimum Gasteiger partial charge on any atom is -0.351 e. The van der Waals surface area contributed by atoms with Crippen LogP contribution in [0, 0.1) is 6.92 Å². The molecule has 0 atom stereocenters. The Morgan fingerprint density at radius 3 is 2.55 bits per heavy atom. The molecule has 0 bridgehead atoms. The van der Waals surface area contributed by atoms with Crippen molar-refractivity contribution in [2.45, 2.75) is 44.7 Å². The van der Waals surface area contributed by atoms with Gasteiger partial charge in [0.1, 0.15) is 6.29 Å². The lowest BCUT2D eigenvalue weighted by molar-refractivity contribution is -0.107. The van der Waals surface area contributed by atoms with Crippen molar-refractivity contribution in [1.29, 1.82) is 0 Å². The van der Waals surface area contributed by atoms with Crippen molar-refractivity contribution in [3.8, 4) is 11.1 Å². The van der Waals surface area contributed by atoms with Gasteiger partial charge in [0.05, 0.1) is 5.66 Å². The van der Waals surface area contributed by atoms with Crippen molar-refractivity contribution in [1.82, 2.24) is 14.8 Å². The quantitative estimate of drug-likeness (QED) is 0.345. The lowest BCUT2D eigenvalue weighted by Crippen LogP contribution is -2.58. The van der Waals surface area contributed by atoms with E-state index in [-0.39, 0.29) is 11.6 Å². The molecule has 0 saturated heterocycles. The summed E-state index contributed by atoms with van der Waals surface area (Å²) < 4.78 is 2.12. The van der Waals surface area contributed by atoms with Crippen LogP contribution >= 0.6 is 0 Å². The van der Waals surface area contributed by atoms with Gasteiger partial charge >= 0.3 is 0 Å². The molecule has 3 aromatic rings. The Kier molecular flexibility index (Phi) is 5.96. The highest BCUT2D eigenvalue weighted by molar-refractivity contribution is 5.97. The van der Waals surface area contributed by atoms with E-state index in [9.17, 15) is 9.59 Å². The van der Waals surface area contributed by atoms with Gasteiger partial charge in [0.15, 0.2) is 0 Å². The summed E-state index contributed by atoms with van der Waals surface area (Å²) >= 11 is 0. The van der Waals surface area contributed by atoms with Crippen LogP contribution in [-0.4, -0.2) is 40.9 Å². The third-order valence-corrected chi connectivity index (χ3v) is 6.77. The zero-order valence-electron chi connectivity index (χ0n) is 18.6. The molecule has 31 heavy (non-hydrogen) atoms. The van der Waals surface area contributed by atoms with E-state index in [2.05, 4.69) is 46.4 Å². The van der Waals surface area contributed by atoms with Crippen molar-refractivity contribution in [2.24, 2.45) is 7.05 Å². The number of carbonyl (C=O) groups is 2. The van der Waals surface area contributed by atoms with E-state index in [4.69, 9.17) is 0 Å². The fourth-order valence-electron chi connectivity index (χ4n) is 4.87. The van der Waals surface area contributed by atoms with Crippen LogP contribution in [0.25, 0.3) is 22.0 Å². The Morgan fingerprint density at radius 2 is 1.84 bits per heavy atom. The van der Waals surface area contributed by atoms with Crippen molar-refractivity contribution >= 4 is 23.1 Å². The zero-order chi connectivity index (χ0) is 22.0. The summed E-state index contributed by atoms with van der Waals surface area (Å²) in [5.41, 5.74) is 4.82. The maximum absolute atomic E-state index is 13.4. The minimum atomic E-state index is -0.358. The van der Waals surface area contributed by atoms with Crippen molar-refractivity contribution in [3.63, 3.8) is 0 Å². The van der Waals surface area contributed by atoms with Crippen LogP contribution in [0.15, 0.2) is 48.7 Å². The molecule has 4 rings (SSSR count). The number of benzene rings is 2. The molecule has 1 heterocycles. The minimum absolute atomic E-state index is 0.0306. The van der Waals surface area contributed by atoms with Gasteiger partial charge < -0.3 is 14.3 Å². The Balaban J connectivity index is 1.59. The second kappa shape index (κ2) is 8.67. The predicted molar refractivity (Wildman–Crippen MR) is 125 cm³/mol. The number of hydrogen-bond donors (Lipinski definition) is 1. The van der Waals surface area contributed by atoms with Gasteiger partial charge in [-0.05, 0) is 73.6 Å². The average Bonchev–Trinajstić information content (AvgIpc) is 3.40. The first-order chi connectivity index (χ1) is 14.9. The molecular weight excluding hydrogens is 386 g/mol. The van der Waals surface area contributed by atoms with Gasteiger partial charge in [-0.15, -0.1) is 0 Å². The summed E-state index contributed by atoms with van der Waals surface area (Å²) in [4.78, 5) is 26.0. The second-order valence-corrected chi connectivity index (χ2v) is 8.71. The van der Waals surface area contributed by atoms with Gasteiger partial charge in [0.25, 0.3) is 5.91 Å². The molecule has 1 amide bonds. The number of aromatic nitrogens is 1. The predicted octanol–water partition coefficient (Wildman–Crippen LogP) is 4.67. The summed E-state index contributed by atoms with van der Waals surface area (Å²) in [6.45, 7) is 2.60. The van der Waals surface area contributed by atoms with E-state index in [1.54, 1.807) is 0 Å². The fourth-order valence-corrected chi connectivity index (χ4v) is 4.87. The first-order valence-corrected chi connectivity index (χ1v) is 11.1. The maximum atomic E-state index is 13.4. The highest BCUT2D eigenvalue weighted by atomic mass is 16.2. The molecular formula is C26H31N3O2. The van der Waals surface area contributed by atoms with Gasteiger partial charge in [0.2, 0.25) is 0 Å². The molecule has 0 unspecified atom stereocenters. The van der Waals surface area contributed by atoms with Crippen molar-refractivity contribution < 1.29 is 9.59 Å². The molecule has 2 aromatic carbocycles. The molecule has 1 N–H and O–H groups in total. The molecule has 0 aliphatic heterocycles. The molecule has 1 saturated carbocycles. The lowest BCUT2D eigenvalue weighted by atomic mass is 9.97. The number of nitrogens with zero attached hydrogens (tertiary/aromatic N) is 2. The summed E-state index contributed by atoms with van der Waals surface area (Å²) in [7, 11) is 3.94. The van der Waals surface area contributed by atoms with Crippen LogP contribution in [0.4, 0.5) is 0 Å². The Labute approximate surface area is 184 Å². The average molecular weight is 418 g/mol. The van der Waals surface area contributed by atoms with Gasteiger partial charge in [0, 0.05) is 49.7 Å². The van der Waals surface area contributed by atoms with Crippen LogP contribution in [-0.2, 0) is 11.8 Å². The number of hydrogen-bond acceptors (Lipinski definition) is 3. The smallest absolute Gasteiger partial charge is 0.255 e. The summed E-state index contributed by atoms with van der Waals surface area (Å²) in [5.74, 6) is 0.0306. The molecule has 1 aromatic heterocycles. The first-order valence-electron chi connectivity index (χ1n) is 11.1. The Hall–Kier alpha value is -2.92. The number of aryl methyl sites for hydroxylation is 2. The van der Waals surface area contributed by atoms with E-state index < -0.39 is 0 Å². The Morgan fingerprint density at radius 1 is 1.13 bits per heavy atom. The Bertz CT molecular complexity index is 1110. The molecule has 0 spiro atoms. The van der Waals surface area contributed by atoms with E-state index in [1.807, 2.05) is 38.1 Å². The largest absolute Gasteiger partial charge is 0.351 e. The number of aldehydes is 1. The molecule has 1 aliphatic rings. The third kappa shape index (κ3) is 4.02. The zero-order valence-corrected chi connectivity index (χ0v) is 18.6. The first kappa shape index (κ1) is 21.3. The second-order valence-electron chi connectivity index (χ2n) is 8.71. The summed E-state index contributed by atoms with van der Waals surface area (Å²) in [6, 6.07) is 14.7. The number of rotatable bonds is 7. The van der Waals surface area contributed by atoms with Crippen LogP contribution in [0.1, 0.15) is 48.0 Å². The monoisotopic (exact) mass is 417 g/mol. The van der Waals surface area contributed by atoms with Crippen molar-refractivity contribution in [2.75, 3.05) is 13.6 Å². The van der Waals surface area contributed by atoms with Crippen LogP contribution in [0.5, 0.6) is 0 Å². The van der Waals surface area contributed by atoms with Gasteiger partial charge in [-0.3, -0.25) is 10.1 Å². The molecule has 5 nitrogen and oxygen atoms in total. The number of carbonyl (C=O) groups excluding carboxylic acids is 2.